The van der Waals surface area contributed by atoms with Crippen LogP contribution in [0.1, 0.15) is 23.2 Å². The summed E-state index contributed by atoms with van der Waals surface area (Å²) in [6.45, 7) is 1.71. The van der Waals surface area contributed by atoms with Gasteiger partial charge in [0.2, 0.25) is 5.78 Å². The summed E-state index contributed by atoms with van der Waals surface area (Å²) in [4.78, 5) is 44.0. The van der Waals surface area contributed by atoms with Gasteiger partial charge < -0.3 is 26.2 Å². The molecule has 1 saturated carbocycles. The number of carbonyl (C=O) groups excluding carboxylic acids is 3. The number of aliphatic hydroxyl groups is 3. The number of Topliss-reactive ketones (excluding diaryl/α,β-unsaturated/α-hetero) is 2. The minimum Gasteiger partial charge on any atom is -0.508 e. The van der Waals surface area contributed by atoms with Crippen LogP contribution in [0.5, 0.6) is 5.75 Å². The second-order valence-electron chi connectivity index (χ2n) is 8.54. The fourth-order valence-corrected chi connectivity index (χ4v) is 5.28. The predicted octanol–water partition coefficient (Wildman–Crippen LogP) is 0.511. The number of likely N-dealkylation sites (N-methyl/N-ethyl adjacent to an activating group) is 1. The van der Waals surface area contributed by atoms with Gasteiger partial charge >= 0.3 is 0 Å². The Labute approximate surface area is 201 Å². The molecule has 180 valence electrons. The molecule has 6 N–H and O–H groups in total. The average Bonchev–Trinajstić information content (AvgIpc) is 2.67. The predicted molar refractivity (Wildman–Crippen MR) is 121 cm³/mol. The van der Waals surface area contributed by atoms with Crippen molar-refractivity contribution in [1.82, 2.24) is 9.88 Å². The van der Waals surface area contributed by atoms with Gasteiger partial charge in [0.1, 0.15) is 22.8 Å². The summed E-state index contributed by atoms with van der Waals surface area (Å²) in [7, 11) is 3.11. The number of halogens is 2. The van der Waals surface area contributed by atoms with E-state index < -0.39 is 58.0 Å². The lowest BCUT2D eigenvalue weighted by atomic mass is 9.57. The Kier molecular flexibility index (Phi) is 6.93. The summed E-state index contributed by atoms with van der Waals surface area (Å²) in [6, 6.07) is -1.10. The van der Waals surface area contributed by atoms with Crippen LogP contribution in [0, 0.1) is 18.8 Å². The molecular formula is C21H25Cl2N3O7. The molecule has 10 nitrogen and oxygen atoms in total. The molecule has 0 aliphatic heterocycles. The molecule has 1 fully saturated rings. The first kappa shape index (κ1) is 26.6. The highest BCUT2D eigenvalue weighted by Gasteiger charge is 2.64. The number of aromatic hydroxyl groups is 1. The number of ketones is 2. The largest absolute Gasteiger partial charge is 0.508 e. The van der Waals surface area contributed by atoms with Crippen LogP contribution in [-0.4, -0.2) is 73.5 Å². The van der Waals surface area contributed by atoms with E-state index in [1.54, 1.807) is 21.0 Å². The van der Waals surface area contributed by atoms with Gasteiger partial charge in [0.15, 0.2) is 11.4 Å². The van der Waals surface area contributed by atoms with Crippen LogP contribution in [0.25, 0.3) is 5.76 Å². The number of hydrogen-bond donors (Lipinski definition) is 5. The van der Waals surface area contributed by atoms with Crippen molar-refractivity contribution in [2.24, 2.45) is 17.6 Å². The quantitative estimate of drug-likeness (QED) is 0.361. The summed E-state index contributed by atoms with van der Waals surface area (Å²) < 4.78 is 0. The molecule has 0 aromatic carbocycles. The molecule has 0 saturated heterocycles. The summed E-state index contributed by atoms with van der Waals surface area (Å²) in [5.74, 6) is -6.68. The van der Waals surface area contributed by atoms with Crippen molar-refractivity contribution >= 4 is 48.0 Å². The van der Waals surface area contributed by atoms with Gasteiger partial charge in [-0.25, -0.2) is 0 Å². The fraction of sp³-hybridized carbons (Fsp3) is 0.429. The Morgan fingerprint density at radius 1 is 1.21 bits per heavy atom. The average molecular weight is 502 g/mol. The number of rotatable bonds is 2. The Morgan fingerprint density at radius 3 is 2.36 bits per heavy atom. The molecule has 4 rings (SSSR count). The van der Waals surface area contributed by atoms with Crippen LogP contribution < -0.4 is 5.73 Å². The summed E-state index contributed by atoms with van der Waals surface area (Å²) >= 11 is 0. The maximum atomic E-state index is 13.5. The molecule has 33 heavy (non-hydrogen) atoms. The number of aryl methyl sites for hydroxylation is 1. The molecule has 3 aliphatic carbocycles. The lowest BCUT2D eigenvalue weighted by Gasteiger charge is -2.50. The second-order valence-corrected chi connectivity index (χ2v) is 8.54. The van der Waals surface area contributed by atoms with Crippen molar-refractivity contribution in [3.63, 3.8) is 0 Å². The number of aromatic nitrogens is 1. The number of carbonyl (C=O) groups is 3. The van der Waals surface area contributed by atoms with E-state index in [4.69, 9.17) is 5.73 Å². The van der Waals surface area contributed by atoms with Crippen LogP contribution in [0.15, 0.2) is 23.1 Å². The van der Waals surface area contributed by atoms with Gasteiger partial charge in [-0.15, -0.1) is 24.8 Å². The SMILES string of the molecule is Cc1ncc(O)c2c1C[C@H]1C[C@H]3[C@H](N(C)C)C(=O)C(C(N)=O)=C(O)[C@@]3(O)C(=O)C1=C2O.Cl.Cl. The van der Waals surface area contributed by atoms with E-state index in [1.807, 2.05) is 0 Å². The Balaban J connectivity index is 0.00000193. The van der Waals surface area contributed by atoms with Gasteiger partial charge in [0.05, 0.1) is 17.8 Å². The van der Waals surface area contributed by atoms with Crippen molar-refractivity contribution in [2.45, 2.75) is 31.4 Å². The Bertz CT molecular complexity index is 1130. The molecule has 0 bridgehead atoms. The summed E-state index contributed by atoms with van der Waals surface area (Å²) in [6.07, 6.45) is 1.45. The molecule has 0 spiro atoms. The zero-order chi connectivity index (χ0) is 23.0. The van der Waals surface area contributed by atoms with E-state index in [2.05, 4.69) is 4.98 Å². The number of nitrogens with two attached hydrogens (primary N) is 1. The van der Waals surface area contributed by atoms with E-state index in [0.29, 0.717) is 11.3 Å². The standard InChI is InChI=1S/C21H23N3O7.2ClH/c1-7-9-4-8-5-10-15(24(2)3)17(27)14(20(22)30)19(29)21(10,31)18(28)12(8)16(26)13(9)11(25)6-23-7;;/h6,8,10,15,25-26,29,31H,4-5H2,1-3H3,(H2,22,30);2*1H/t8-,10-,15-,21-;;/m0../s1. The van der Waals surface area contributed by atoms with Crippen molar-refractivity contribution in [2.75, 3.05) is 14.1 Å². The molecule has 12 heteroatoms. The third kappa shape index (κ3) is 3.40. The molecular weight excluding hydrogens is 477 g/mol. The summed E-state index contributed by atoms with van der Waals surface area (Å²) in [5.41, 5.74) is 2.82. The molecule has 4 atom stereocenters. The zero-order valence-corrected chi connectivity index (χ0v) is 19.7. The van der Waals surface area contributed by atoms with Gasteiger partial charge in [-0.1, -0.05) is 0 Å². The number of aliphatic hydroxyl groups excluding tert-OH is 2. The third-order valence-electron chi connectivity index (χ3n) is 6.69. The molecule has 1 aromatic rings. The maximum Gasteiger partial charge on any atom is 0.255 e. The number of pyridine rings is 1. The van der Waals surface area contributed by atoms with Crippen molar-refractivity contribution < 1.29 is 34.8 Å². The zero-order valence-electron chi connectivity index (χ0n) is 18.0. The van der Waals surface area contributed by atoms with E-state index >= 15 is 0 Å². The third-order valence-corrected chi connectivity index (χ3v) is 6.69. The van der Waals surface area contributed by atoms with Crippen LogP contribution in [-0.2, 0) is 20.8 Å². The van der Waals surface area contributed by atoms with Gasteiger partial charge in [-0.3, -0.25) is 24.3 Å². The highest BCUT2D eigenvalue weighted by atomic mass is 35.5. The van der Waals surface area contributed by atoms with Crippen molar-refractivity contribution in [3.8, 4) is 5.75 Å². The molecule has 1 aromatic heterocycles. The molecule has 0 unspecified atom stereocenters. The number of hydrogen-bond acceptors (Lipinski definition) is 9. The van der Waals surface area contributed by atoms with E-state index in [0.717, 1.165) is 6.20 Å². The van der Waals surface area contributed by atoms with Crippen molar-refractivity contribution in [3.05, 3.63) is 39.9 Å². The van der Waals surface area contributed by atoms with Crippen LogP contribution >= 0.6 is 24.8 Å². The topological polar surface area (TPSA) is 174 Å². The lowest BCUT2D eigenvalue weighted by molar-refractivity contribution is -0.153. The van der Waals surface area contributed by atoms with Gasteiger partial charge in [0.25, 0.3) is 5.91 Å². The Hall–Kier alpha value is -2.66. The van der Waals surface area contributed by atoms with Crippen LogP contribution in [0.4, 0.5) is 0 Å². The normalized spacial score (nSPS) is 28.5. The van der Waals surface area contributed by atoms with Crippen molar-refractivity contribution in [1.29, 1.82) is 0 Å². The van der Waals surface area contributed by atoms with Gasteiger partial charge in [-0.2, -0.15) is 0 Å². The molecule has 0 radical (unpaired) electrons. The molecule has 1 heterocycles. The highest BCUT2D eigenvalue weighted by Crippen LogP contribution is 2.52. The number of primary amides is 1. The molecule has 1 amide bonds. The first-order valence-corrected chi connectivity index (χ1v) is 9.75. The first-order valence-electron chi connectivity index (χ1n) is 9.75. The summed E-state index contributed by atoms with van der Waals surface area (Å²) in [5, 5.41) is 43.3. The number of nitrogens with zero attached hydrogens (tertiary/aromatic N) is 2. The van der Waals surface area contributed by atoms with Gasteiger partial charge in [-0.05, 0) is 45.3 Å². The lowest BCUT2D eigenvalue weighted by Crippen LogP contribution is -2.65. The van der Waals surface area contributed by atoms with Crippen LogP contribution in [0.3, 0.4) is 0 Å². The smallest absolute Gasteiger partial charge is 0.255 e. The maximum absolute atomic E-state index is 13.5. The highest BCUT2D eigenvalue weighted by molar-refractivity contribution is 6.24. The van der Waals surface area contributed by atoms with E-state index in [1.165, 1.54) is 4.90 Å². The second kappa shape index (κ2) is 8.60. The van der Waals surface area contributed by atoms with Gasteiger partial charge in [0, 0.05) is 17.2 Å². The van der Waals surface area contributed by atoms with E-state index in [-0.39, 0.29) is 54.5 Å². The first-order chi connectivity index (χ1) is 14.4. The Morgan fingerprint density at radius 2 is 1.82 bits per heavy atom. The van der Waals surface area contributed by atoms with E-state index in [9.17, 15) is 34.8 Å². The van der Waals surface area contributed by atoms with Crippen LogP contribution in [0.2, 0.25) is 0 Å². The minimum atomic E-state index is -2.62. The fourth-order valence-electron chi connectivity index (χ4n) is 5.28. The number of fused-ring (bicyclic) bond motifs is 3. The monoisotopic (exact) mass is 501 g/mol. The number of amides is 1. The minimum absolute atomic E-state index is 0. The molecule has 3 aliphatic rings.